The van der Waals surface area contributed by atoms with Crippen LogP contribution in [-0.4, -0.2) is 10.9 Å². The summed E-state index contributed by atoms with van der Waals surface area (Å²) in [5.74, 6) is -1.16. The van der Waals surface area contributed by atoms with Gasteiger partial charge in [0.25, 0.3) is 0 Å². The van der Waals surface area contributed by atoms with Gasteiger partial charge in [-0.3, -0.25) is 4.79 Å². The number of carbonyl (C=O) groups is 1. The highest BCUT2D eigenvalue weighted by molar-refractivity contribution is 6.09. The molecule has 0 heterocycles. The van der Waals surface area contributed by atoms with E-state index in [0.717, 1.165) is 12.1 Å². The zero-order valence-electron chi connectivity index (χ0n) is 9.61. The molecule has 5 heteroatoms. The average Bonchev–Trinajstić information content (AvgIpc) is 2.37. The first-order valence-electron chi connectivity index (χ1n) is 5.39. The van der Waals surface area contributed by atoms with Crippen molar-refractivity contribution in [1.82, 2.24) is 0 Å². The van der Waals surface area contributed by atoms with Crippen LogP contribution in [0.4, 0.5) is 13.2 Å². The standard InChI is InChI=1S/C14H9F3O2/c15-14(16,17)11-6-10(7-12(18)8-11)13(19)9-4-2-1-3-5-9/h1-8,18H. The Morgan fingerprint density at radius 3 is 2.16 bits per heavy atom. The largest absolute Gasteiger partial charge is 0.508 e. The summed E-state index contributed by atoms with van der Waals surface area (Å²) in [6.07, 6.45) is -4.61. The SMILES string of the molecule is O=C(c1ccccc1)c1cc(O)cc(C(F)(F)F)c1. The Morgan fingerprint density at radius 2 is 1.58 bits per heavy atom. The molecule has 98 valence electrons. The van der Waals surface area contributed by atoms with Crippen molar-refractivity contribution in [1.29, 1.82) is 0 Å². The Morgan fingerprint density at radius 1 is 0.947 bits per heavy atom. The van der Waals surface area contributed by atoms with Gasteiger partial charge in [0, 0.05) is 11.1 Å². The minimum Gasteiger partial charge on any atom is -0.508 e. The molecule has 1 N–H and O–H groups in total. The Labute approximate surface area is 107 Å². The monoisotopic (exact) mass is 266 g/mol. The number of alkyl halides is 3. The first-order valence-corrected chi connectivity index (χ1v) is 5.39. The van der Waals surface area contributed by atoms with Gasteiger partial charge in [-0.05, 0) is 18.2 Å². The van der Waals surface area contributed by atoms with Crippen molar-refractivity contribution in [3.63, 3.8) is 0 Å². The molecule has 0 atom stereocenters. The third-order valence-electron chi connectivity index (χ3n) is 2.54. The molecule has 0 spiro atoms. The van der Waals surface area contributed by atoms with Crippen LogP contribution in [0.15, 0.2) is 48.5 Å². The number of aromatic hydroxyl groups is 1. The highest BCUT2D eigenvalue weighted by atomic mass is 19.4. The molecule has 0 aromatic heterocycles. The summed E-state index contributed by atoms with van der Waals surface area (Å²) >= 11 is 0. The van der Waals surface area contributed by atoms with E-state index in [-0.39, 0.29) is 11.1 Å². The van der Waals surface area contributed by atoms with E-state index in [4.69, 9.17) is 0 Å². The molecule has 2 aromatic carbocycles. The van der Waals surface area contributed by atoms with Crippen molar-refractivity contribution in [2.75, 3.05) is 0 Å². The molecule has 0 bridgehead atoms. The summed E-state index contributed by atoms with van der Waals surface area (Å²) in [7, 11) is 0. The van der Waals surface area contributed by atoms with Crippen molar-refractivity contribution in [2.24, 2.45) is 0 Å². The van der Waals surface area contributed by atoms with Crippen LogP contribution in [0, 0.1) is 0 Å². The van der Waals surface area contributed by atoms with Gasteiger partial charge in [-0.25, -0.2) is 0 Å². The fourth-order valence-corrected chi connectivity index (χ4v) is 1.66. The fraction of sp³-hybridized carbons (Fsp3) is 0.0714. The summed E-state index contributed by atoms with van der Waals surface area (Å²) in [4.78, 5) is 12.0. The zero-order chi connectivity index (χ0) is 14.0. The van der Waals surface area contributed by atoms with Gasteiger partial charge in [-0.2, -0.15) is 13.2 Å². The van der Waals surface area contributed by atoms with E-state index >= 15 is 0 Å². The lowest BCUT2D eigenvalue weighted by atomic mass is 10.0. The lowest BCUT2D eigenvalue weighted by molar-refractivity contribution is -0.137. The molecule has 0 aliphatic rings. The van der Waals surface area contributed by atoms with Crippen LogP contribution in [0.2, 0.25) is 0 Å². The molecule has 0 saturated carbocycles. The minimum absolute atomic E-state index is 0.196. The lowest BCUT2D eigenvalue weighted by Gasteiger charge is -2.09. The number of rotatable bonds is 2. The van der Waals surface area contributed by atoms with Crippen molar-refractivity contribution >= 4 is 5.78 Å². The van der Waals surface area contributed by atoms with Crippen LogP contribution < -0.4 is 0 Å². The number of phenolic OH excluding ortho intramolecular Hbond substituents is 1. The Balaban J connectivity index is 2.46. The summed E-state index contributed by atoms with van der Waals surface area (Å²) < 4.78 is 37.8. The van der Waals surface area contributed by atoms with Crippen molar-refractivity contribution in [3.05, 3.63) is 65.2 Å². The summed E-state index contributed by atoms with van der Waals surface area (Å²) in [6.45, 7) is 0. The molecular formula is C14H9F3O2. The van der Waals surface area contributed by atoms with Crippen LogP contribution in [0.1, 0.15) is 21.5 Å². The molecule has 2 aromatic rings. The third kappa shape index (κ3) is 2.93. The second-order valence-electron chi connectivity index (χ2n) is 3.96. The number of benzene rings is 2. The zero-order valence-corrected chi connectivity index (χ0v) is 9.61. The predicted octanol–water partition coefficient (Wildman–Crippen LogP) is 3.64. The van der Waals surface area contributed by atoms with Crippen LogP contribution >= 0.6 is 0 Å². The molecule has 19 heavy (non-hydrogen) atoms. The van der Waals surface area contributed by atoms with Crippen molar-refractivity contribution < 1.29 is 23.1 Å². The molecule has 2 rings (SSSR count). The molecule has 0 fully saturated rings. The molecule has 2 nitrogen and oxygen atoms in total. The highest BCUT2D eigenvalue weighted by Gasteiger charge is 2.31. The first-order chi connectivity index (χ1) is 8.88. The second kappa shape index (κ2) is 4.76. The number of ketones is 1. The van der Waals surface area contributed by atoms with Gasteiger partial charge in [0.15, 0.2) is 5.78 Å². The molecule has 0 unspecified atom stereocenters. The van der Waals surface area contributed by atoms with Gasteiger partial charge in [0.2, 0.25) is 0 Å². The maximum absolute atomic E-state index is 12.6. The molecule has 0 saturated heterocycles. The molecule has 0 aliphatic heterocycles. The van der Waals surface area contributed by atoms with Gasteiger partial charge >= 0.3 is 6.18 Å². The van der Waals surface area contributed by atoms with Gasteiger partial charge in [0.05, 0.1) is 5.56 Å². The van der Waals surface area contributed by atoms with E-state index in [1.54, 1.807) is 18.2 Å². The smallest absolute Gasteiger partial charge is 0.416 e. The molecule has 0 radical (unpaired) electrons. The maximum atomic E-state index is 12.6. The van der Waals surface area contributed by atoms with Crippen LogP contribution in [0.3, 0.4) is 0 Å². The van der Waals surface area contributed by atoms with Crippen molar-refractivity contribution in [2.45, 2.75) is 6.18 Å². The minimum atomic E-state index is -4.61. The molecule has 0 aliphatic carbocycles. The van der Waals surface area contributed by atoms with E-state index in [1.807, 2.05) is 0 Å². The Kier molecular flexibility index (Phi) is 3.29. The van der Waals surface area contributed by atoms with E-state index in [2.05, 4.69) is 0 Å². The average molecular weight is 266 g/mol. The predicted molar refractivity (Wildman–Crippen MR) is 63.0 cm³/mol. The Hall–Kier alpha value is -2.30. The molecule has 0 amide bonds. The number of carbonyl (C=O) groups excluding carboxylic acids is 1. The summed E-state index contributed by atoms with van der Waals surface area (Å²) in [5.41, 5.74) is -0.980. The highest BCUT2D eigenvalue weighted by Crippen LogP contribution is 2.32. The Bertz CT molecular complexity index is 604. The van der Waals surface area contributed by atoms with Crippen molar-refractivity contribution in [3.8, 4) is 5.75 Å². The van der Waals surface area contributed by atoms with Crippen LogP contribution in [0.5, 0.6) is 5.75 Å². The number of phenols is 1. The quantitative estimate of drug-likeness (QED) is 0.842. The van der Waals surface area contributed by atoms with Crippen LogP contribution in [0.25, 0.3) is 0 Å². The van der Waals surface area contributed by atoms with Gasteiger partial charge in [-0.1, -0.05) is 30.3 Å². The first kappa shape index (κ1) is 13.1. The third-order valence-corrected chi connectivity index (χ3v) is 2.54. The number of hydrogen-bond acceptors (Lipinski definition) is 2. The molecular weight excluding hydrogens is 257 g/mol. The van der Waals surface area contributed by atoms with Crippen LogP contribution in [-0.2, 0) is 6.18 Å². The number of hydrogen-bond donors (Lipinski definition) is 1. The van der Waals surface area contributed by atoms with Gasteiger partial charge < -0.3 is 5.11 Å². The second-order valence-corrected chi connectivity index (χ2v) is 3.96. The van der Waals surface area contributed by atoms with E-state index in [0.29, 0.717) is 6.07 Å². The van der Waals surface area contributed by atoms with E-state index < -0.39 is 23.3 Å². The number of halogens is 3. The normalized spacial score (nSPS) is 11.3. The van der Waals surface area contributed by atoms with Gasteiger partial charge in [-0.15, -0.1) is 0 Å². The maximum Gasteiger partial charge on any atom is 0.416 e. The topological polar surface area (TPSA) is 37.3 Å². The van der Waals surface area contributed by atoms with E-state index in [9.17, 15) is 23.1 Å². The van der Waals surface area contributed by atoms with Gasteiger partial charge in [0.1, 0.15) is 5.75 Å². The fourth-order valence-electron chi connectivity index (χ4n) is 1.66. The summed E-state index contributed by atoms with van der Waals surface area (Å²) in [5, 5.41) is 9.30. The lowest BCUT2D eigenvalue weighted by Crippen LogP contribution is -2.08. The summed E-state index contributed by atoms with van der Waals surface area (Å²) in [6, 6.07) is 10.3. The van der Waals surface area contributed by atoms with E-state index in [1.165, 1.54) is 12.1 Å².